The van der Waals surface area contributed by atoms with Gasteiger partial charge in [-0.15, -0.1) is 0 Å². The van der Waals surface area contributed by atoms with Crippen LogP contribution in [-0.2, 0) is 19.6 Å². The maximum Gasteiger partial charge on any atom is 0.513 e. The van der Waals surface area contributed by atoms with E-state index in [9.17, 15) is 18.0 Å². The van der Waals surface area contributed by atoms with E-state index in [4.69, 9.17) is 21.1 Å². The smallest absolute Gasteiger partial charge is 0.493 e. The van der Waals surface area contributed by atoms with Crippen molar-refractivity contribution in [1.29, 1.82) is 0 Å². The molecule has 0 aromatic heterocycles. The maximum atomic E-state index is 13.5. The van der Waals surface area contributed by atoms with E-state index in [1.807, 2.05) is 6.92 Å². The van der Waals surface area contributed by atoms with E-state index in [0.29, 0.717) is 10.6 Å². The van der Waals surface area contributed by atoms with E-state index in [0.717, 1.165) is 15.4 Å². The van der Waals surface area contributed by atoms with Crippen molar-refractivity contribution in [2.24, 2.45) is 5.10 Å². The minimum absolute atomic E-state index is 0.0254. The number of nitrogens with one attached hydrogen (secondary N) is 1. The van der Waals surface area contributed by atoms with Crippen LogP contribution in [0.2, 0.25) is 5.02 Å². The number of benzene rings is 3. The van der Waals surface area contributed by atoms with Gasteiger partial charge in [-0.05, 0) is 67.4 Å². The summed E-state index contributed by atoms with van der Waals surface area (Å²) >= 11 is 6.24. The summed E-state index contributed by atoms with van der Waals surface area (Å²) in [5.41, 5.74) is 4.72. The summed E-state index contributed by atoms with van der Waals surface area (Å²) in [6.45, 7) is 3.08. The van der Waals surface area contributed by atoms with Crippen molar-refractivity contribution >= 4 is 45.6 Å². The molecule has 1 N–H and O–H groups in total. The number of anilines is 1. The average Bonchev–Trinajstić information content (AvgIpc) is 2.89. The minimum Gasteiger partial charge on any atom is -0.493 e. The molecule has 0 unspecified atom stereocenters. The highest BCUT2D eigenvalue weighted by molar-refractivity contribution is 7.92. The Labute approximate surface area is 225 Å². The van der Waals surface area contributed by atoms with Crippen molar-refractivity contribution in [1.82, 2.24) is 5.43 Å². The van der Waals surface area contributed by atoms with E-state index in [1.165, 1.54) is 50.8 Å². The number of rotatable bonds is 9. The predicted molar refractivity (Wildman–Crippen MR) is 144 cm³/mol. The fourth-order valence-corrected chi connectivity index (χ4v) is 4.80. The van der Waals surface area contributed by atoms with E-state index in [1.54, 1.807) is 37.3 Å². The fourth-order valence-electron chi connectivity index (χ4n) is 3.21. The van der Waals surface area contributed by atoms with Crippen molar-refractivity contribution in [3.63, 3.8) is 0 Å². The Morgan fingerprint density at radius 2 is 1.71 bits per heavy atom. The Morgan fingerprint density at radius 1 is 1.00 bits per heavy atom. The van der Waals surface area contributed by atoms with Crippen LogP contribution in [0.15, 0.2) is 70.7 Å². The maximum absolute atomic E-state index is 13.5. The van der Waals surface area contributed by atoms with Crippen molar-refractivity contribution < 1.29 is 32.2 Å². The zero-order valence-corrected chi connectivity index (χ0v) is 22.7. The van der Waals surface area contributed by atoms with Gasteiger partial charge in [0.15, 0.2) is 11.5 Å². The molecule has 0 radical (unpaired) electrons. The highest BCUT2D eigenvalue weighted by atomic mass is 35.5. The zero-order valence-electron chi connectivity index (χ0n) is 21.1. The number of hydrazone groups is 1. The van der Waals surface area contributed by atoms with Crippen molar-refractivity contribution in [3.8, 4) is 11.5 Å². The number of methoxy groups -OCH3 is 2. The summed E-state index contributed by atoms with van der Waals surface area (Å²) < 4.78 is 42.6. The van der Waals surface area contributed by atoms with Crippen molar-refractivity contribution in [3.05, 3.63) is 82.4 Å². The summed E-state index contributed by atoms with van der Waals surface area (Å²) in [7, 11) is -1.53. The van der Waals surface area contributed by atoms with Gasteiger partial charge in [-0.25, -0.2) is 18.6 Å². The number of carbonyl (C=O) groups excluding carboxylic acids is 2. The molecule has 10 nitrogen and oxygen atoms in total. The SMILES string of the molecule is COC(=O)Oc1ccc(/C=N\NC(=O)CN(c2ccc(C)c(Cl)c2)S(=O)(=O)c2ccc(C)cc2)cc1OC. The van der Waals surface area contributed by atoms with Gasteiger partial charge in [-0.3, -0.25) is 9.10 Å². The molecule has 0 spiro atoms. The summed E-state index contributed by atoms with van der Waals surface area (Å²) in [6.07, 6.45) is 0.418. The van der Waals surface area contributed by atoms with Crippen molar-refractivity contribution in [2.75, 3.05) is 25.1 Å². The molecular weight excluding hydrogens is 534 g/mol. The van der Waals surface area contributed by atoms with Crippen LogP contribution >= 0.6 is 11.6 Å². The molecule has 3 aromatic carbocycles. The van der Waals surface area contributed by atoms with Crippen LogP contribution in [0.1, 0.15) is 16.7 Å². The predicted octanol–water partition coefficient (Wildman–Crippen LogP) is 4.46. The molecule has 0 saturated heterocycles. The number of nitrogens with zero attached hydrogens (tertiary/aromatic N) is 2. The third-order valence-electron chi connectivity index (χ3n) is 5.29. The van der Waals surface area contributed by atoms with Gasteiger partial charge in [0.2, 0.25) is 0 Å². The molecule has 0 aliphatic heterocycles. The van der Waals surface area contributed by atoms with E-state index in [2.05, 4.69) is 15.3 Å². The molecule has 200 valence electrons. The molecule has 0 heterocycles. The first-order valence-corrected chi connectivity index (χ1v) is 13.0. The number of hydrogen-bond donors (Lipinski definition) is 1. The molecule has 0 saturated carbocycles. The van der Waals surface area contributed by atoms with E-state index >= 15 is 0 Å². The van der Waals surface area contributed by atoms with E-state index in [-0.39, 0.29) is 22.1 Å². The zero-order chi connectivity index (χ0) is 27.9. The third-order valence-corrected chi connectivity index (χ3v) is 7.49. The Bertz CT molecular complexity index is 1460. The molecule has 3 rings (SSSR count). The van der Waals surface area contributed by atoms with Gasteiger partial charge >= 0.3 is 6.16 Å². The second kappa shape index (κ2) is 12.4. The molecular formula is C26H26ClN3O7S. The van der Waals surface area contributed by atoms with Crippen LogP contribution in [0.25, 0.3) is 0 Å². The Hall–Kier alpha value is -4.09. The van der Waals surface area contributed by atoms with Crippen LogP contribution in [0, 0.1) is 13.8 Å². The topological polar surface area (TPSA) is 124 Å². The quantitative estimate of drug-likeness (QED) is 0.178. The summed E-state index contributed by atoms with van der Waals surface area (Å²) in [4.78, 5) is 24.2. The lowest BCUT2D eigenvalue weighted by molar-refractivity contribution is -0.119. The lowest BCUT2D eigenvalue weighted by atomic mass is 10.2. The summed E-state index contributed by atoms with van der Waals surface area (Å²) in [5, 5.41) is 4.27. The van der Waals surface area contributed by atoms with Crippen LogP contribution in [0.4, 0.5) is 10.5 Å². The number of ether oxygens (including phenoxy) is 3. The average molecular weight is 560 g/mol. The van der Waals surface area contributed by atoms with Gasteiger partial charge in [0.25, 0.3) is 15.9 Å². The van der Waals surface area contributed by atoms with Crippen LogP contribution < -0.4 is 19.2 Å². The number of hydrogen-bond acceptors (Lipinski definition) is 8. The summed E-state index contributed by atoms with van der Waals surface area (Å²) in [6, 6.07) is 15.6. The standard InChI is InChI=1S/C26H26ClN3O7S/c1-17-5-10-21(11-6-17)38(33,34)30(20-9-7-18(2)22(27)14-20)16-25(31)29-28-15-19-8-12-23(24(13-19)35-3)37-26(32)36-4/h5-15H,16H2,1-4H3,(H,29,31)/b28-15-. The molecule has 1 amide bonds. The third kappa shape index (κ3) is 7.02. The van der Waals surface area contributed by atoms with Gasteiger partial charge in [0.05, 0.1) is 31.0 Å². The second-order valence-corrected chi connectivity index (χ2v) is 10.3. The minimum atomic E-state index is -4.10. The van der Waals surface area contributed by atoms with E-state index < -0.39 is 28.6 Å². The first-order valence-electron chi connectivity index (χ1n) is 11.2. The van der Waals surface area contributed by atoms with Gasteiger partial charge in [-0.2, -0.15) is 5.10 Å². The normalized spacial score (nSPS) is 11.2. The first kappa shape index (κ1) is 28.5. The molecule has 38 heavy (non-hydrogen) atoms. The molecule has 0 fully saturated rings. The molecule has 0 aliphatic carbocycles. The molecule has 0 bridgehead atoms. The number of halogens is 1. The first-order chi connectivity index (χ1) is 18.0. The van der Waals surface area contributed by atoms with Gasteiger partial charge < -0.3 is 14.2 Å². The molecule has 0 atom stereocenters. The fraction of sp³-hybridized carbons (Fsp3) is 0.192. The monoisotopic (exact) mass is 559 g/mol. The Balaban J connectivity index is 1.81. The highest BCUT2D eigenvalue weighted by Crippen LogP contribution is 2.29. The van der Waals surface area contributed by atoms with Gasteiger partial charge in [-0.1, -0.05) is 35.4 Å². The van der Waals surface area contributed by atoms with Crippen LogP contribution in [0.3, 0.4) is 0 Å². The van der Waals surface area contributed by atoms with Crippen molar-refractivity contribution in [2.45, 2.75) is 18.7 Å². The Kier molecular flexibility index (Phi) is 9.32. The second-order valence-electron chi connectivity index (χ2n) is 8.02. The van der Waals surface area contributed by atoms with Gasteiger partial charge in [0.1, 0.15) is 6.54 Å². The number of carbonyl (C=O) groups is 2. The molecule has 0 aliphatic rings. The Morgan fingerprint density at radius 3 is 2.34 bits per heavy atom. The number of aryl methyl sites for hydroxylation is 2. The lowest BCUT2D eigenvalue weighted by Crippen LogP contribution is -2.39. The number of sulfonamides is 1. The molecule has 12 heteroatoms. The summed E-state index contributed by atoms with van der Waals surface area (Å²) in [5.74, 6) is -0.321. The number of amides is 1. The largest absolute Gasteiger partial charge is 0.513 e. The lowest BCUT2D eigenvalue weighted by Gasteiger charge is -2.24. The van der Waals surface area contributed by atoms with Gasteiger partial charge in [0, 0.05) is 5.02 Å². The van der Waals surface area contributed by atoms with Crippen LogP contribution in [0.5, 0.6) is 11.5 Å². The highest BCUT2D eigenvalue weighted by Gasteiger charge is 2.27. The van der Waals surface area contributed by atoms with Crippen LogP contribution in [-0.4, -0.2) is 47.5 Å². The molecule has 3 aromatic rings.